The number of amides is 1. The fourth-order valence-corrected chi connectivity index (χ4v) is 3.64. The van der Waals surface area contributed by atoms with Crippen molar-refractivity contribution in [2.24, 2.45) is 0 Å². The van der Waals surface area contributed by atoms with Gasteiger partial charge in [-0.2, -0.15) is 0 Å². The first-order chi connectivity index (χ1) is 14.0. The molecule has 29 heavy (non-hydrogen) atoms. The monoisotopic (exact) mass is 413 g/mol. The first kappa shape index (κ1) is 20.9. The first-order valence-electron chi connectivity index (χ1n) is 9.72. The number of benzene rings is 2. The van der Waals surface area contributed by atoms with E-state index in [-0.39, 0.29) is 11.9 Å². The van der Waals surface area contributed by atoms with Crippen molar-refractivity contribution in [3.8, 4) is 11.5 Å². The molecule has 6 nitrogen and oxygen atoms in total. The van der Waals surface area contributed by atoms with E-state index in [1.54, 1.807) is 7.11 Å². The standard InChI is InChI=1S/C22H27N3O3S/c1-15-13-17(10-11-18(15)25-12-6-9-21(25)26)24-22(29)23-16(2)14-28-20-8-5-4-7-19(20)27-3/h4-5,7-8,10-11,13,16H,6,9,12,14H2,1-3H3,(H2,23,24,29). The van der Waals surface area contributed by atoms with Crippen molar-refractivity contribution in [3.63, 3.8) is 0 Å². The second-order valence-corrected chi connectivity index (χ2v) is 7.52. The molecule has 7 heteroatoms. The summed E-state index contributed by atoms with van der Waals surface area (Å²) < 4.78 is 11.1. The molecule has 0 radical (unpaired) electrons. The molecule has 0 aliphatic carbocycles. The first-order valence-corrected chi connectivity index (χ1v) is 10.1. The minimum Gasteiger partial charge on any atom is -0.493 e. The van der Waals surface area contributed by atoms with E-state index in [4.69, 9.17) is 21.7 Å². The van der Waals surface area contributed by atoms with Crippen molar-refractivity contribution in [1.82, 2.24) is 5.32 Å². The maximum atomic E-state index is 12.0. The molecule has 0 aromatic heterocycles. The van der Waals surface area contributed by atoms with Crippen LogP contribution in [0.4, 0.5) is 11.4 Å². The molecule has 1 fully saturated rings. The average molecular weight is 414 g/mol. The highest BCUT2D eigenvalue weighted by Crippen LogP contribution is 2.28. The van der Waals surface area contributed by atoms with Crippen molar-refractivity contribution in [2.45, 2.75) is 32.7 Å². The second kappa shape index (κ2) is 9.60. The van der Waals surface area contributed by atoms with Gasteiger partial charge in [0.25, 0.3) is 0 Å². The lowest BCUT2D eigenvalue weighted by Gasteiger charge is -2.21. The molecular formula is C22H27N3O3S. The van der Waals surface area contributed by atoms with Gasteiger partial charge in [-0.05, 0) is 68.4 Å². The number of carbonyl (C=O) groups excluding carboxylic acids is 1. The molecular weight excluding hydrogens is 386 g/mol. The number of aryl methyl sites for hydroxylation is 1. The van der Waals surface area contributed by atoms with Crippen LogP contribution in [0.5, 0.6) is 11.5 Å². The molecule has 0 bridgehead atoms. The van der Waals surface area contributed by atoms with Crippen LogP contribution < -0.4 is 25.0 Å². The third kappa shape index (κ3) is 5.38. The van der Waals surface area contributed by atoms with E-state index in [9.17, 15) is 4.79 Å². The second-order valence-electron chi connectivity index (χ2n) is 7.11. The Morgan fingerprint density at radius 2 is 2.00 bits per heavy atom. The van der Waals surface area contributed by atoms with Crippen LogP contribution >= 0.6 is 12.2 Å². The van der Waals surface area contributed by atoms with Gasteiger partial charge in [-0.3, -0.25) is 4.79 Å². The Labute approximate surface area is 177 Å². The zero-order chi connectivity index (χ0) is 20.8. The number of nitrogens with one attached hydrogen (secondary N) is 2. The lowest BCUT2D eigenvalue weighted by atomic mass is 10.1. The van der Waals surface area contributed by atoms with Gasteiger partial charge in [-0.25, -0.2) is 0 Å². The molecule has 1 saturated heterocycles. The number of carbonyl (C=O) groups is 1. The van der Waals surface area contributed by atoms with Gasteiger partial charge in [0.15, 0.2) is 16.6 Å². The van der Waals surface area contributed by atoms with Crippen LogP contribution in [-0.2, 0) is 4.79 Å². The van der Waals surface area contributed by atoms with Crippen LogP contribution in [0.1, 0.15) is 25.3 Å². The molecule has 1 aliphatic heterocycles. The van der Waals surface area contributed by atoms with E-state index in [0.717, 1.165) is 29.9 Å². The summed E-state index contributed by atoms with van der Waals surface area (Å²) in [7, 11) is 1.62. The molecule has 1 atom stereocenters. The molecule has 1 unspecified atom stereocenters. The fourth-order valence-electron chi connectivity index (χ4n) is 3.32. The number of thiocarbonyl (C=S) groups is 1. The van der Waals surface area contributed by atoms with Crippen LogP contribution in [-0.4, -0.2) is 37.3 Å². The maximum Gasteiger partial charge on any atom is 0.227 e. The average Bonchev–Trinajstić information content (AvgIpc) is 3.12. The molecule has 0 saturated carbocycles. The van der Waals surface area contributed by atoms with Gasteiger partial charge in [-0.15, -0.1) is 0 Å². The molecule has 2 N–H and O–H groups in total. The van der Waals surface area contributed by atoms with Crippen molar-refractivity contribution >= 4 is 34.6 Å². The lowest BCUT2D eigenvalue weighted by Crippen LogP contribution is -2.39. The molecule has 1 heterocycles. The lowest BCUT2D eigenvalue weighted by molar-refractivity contribution is -0.117. The summed E-state index contributed by atoms with van der Waals surface area (Å²) in [5.41, 5.74) is 2.89. The fraction of sp³-hybridized carbons (Fsp3) is 0.364. The molecule has 2 aromatic rings. The summed E-state index contributed by atoms with van der Waals surface area (Å²) in [6, 6.07) is 13.5. The Morgan fingerprint density at radius 1 is 1.24 bits per heavy atom. The maximum absolute atomic E-state index is 12.0. The van der Waals surface area contributed by atoms with Gasteiger partial charge < -0.3 is 25.0 Å². The van der Waals surface area contributed by atoms with E-state index in [2.05, 4.69) is 10.6 Å². The van der Waals surface area contributed by atoms with Crippen LogP contribution in [0.25, 0.3) is 0 Å². The van der Waals surface area contributed by atoms with Crippen LogP contribution in [0.2, 0.25) is 0 Å². The summed E-state index contributed by atoms with van der Waals surface area (Å²) in [5, 5.41) is 6.94. The highest BCUT2D eigenvalue weighted by Gasteiger charge is 2.23. The van der Waals surface area contributed by atoms with Crippen LogP contribution in [0, 0.1) is 6.92 Å². The molecule has 1 aliphatic rings. The molecule has 1 amide bonds. The van der Waals surface area contributed by atoms with Crippen molar-refractivity contribution < 1.29 is 14.3 Å². The van der Waals surface area contributed by atoms with Gasteiger partial charge in [-0.1, -0.05) is 12.1 Å². The quantitative estimate of drug-likeness (QED) is 0.672. The van der Waals surface area contributed by atoms with Gasteiger partial charge in [0.05, 0.1) is 13.2 Å². The summed E-state index contributed by atoms with van der Waals surface area (Å²) in [6.07, 6.45) is 1.54. The van der Waals surface area contributed by atoms with Crippen LogP contribution in [0.3, 0.4) is 0 Å². The van der Waals surface area contributed by atoms with Gasteiger partial charge >= 0.3 is 0 Å². The number of methoxy groups -OCH3 is 1. The summed E-state index contributed by atoms with van der Waals surface area (Å²) in [4.78, 5) is 13.8. The smallest absolute Gasteiger partial charge is 0.227 e. The van der Waals surface area contributed by atoms with E-state index in [1.165, 1.54) is 0 Å². The Morgan fingerprint density at radius 3 is 2.66 bits per heavy atom. The Kier molecular flexibility index (Phi) is 6.93. The molecule has 2 aromatic carbocycles. The topological polar surface area (TPSA) is 62.8 Å². The molecule has 3 rings (SSSR count). The van der Waals surface area contributed by atoms with Crippen molar-refractivity contribution in [2.75, 3.05) is 30.5 Å². The van der Waals surface area contributed by atoms with Crippen LogP contribution in [0.15, 0.2) is 42.5 Å². The number of hydrogen-bond donors (Lipinski definition) is 2. The molecule has 0 spiro atoms. The number of ether oxygens (including phenoxy) is 2. The Bertz CT molecular complexity index is 887. The summed E-state index contributed by atoms with van der Waals surface area (Å²) in [5.74, 6) is 1.59. The molecule has 154 valence electrons. The van der Waals surface area contributed by atoms with Crippen molar-refractivity contribution in [3.05, 3.63) is 48.0 Å². The number of rotatable bonds is 7. The van der Waals surface area contributed by atoms with E-state index in [1.807, 2.05) is 61.2 Å². The van der Waals surface area contributed by atoms with E-state index < -0.39 is 0 Å². The normalized spacial score (nSPS) is 14.4. The number of nitrogens with zero attached hydrogens (tertiary/aromatic N) is 1. The minimum absolute atomic E-state index is 0.00232. The predicted molar refractivity (Wildman–Crippen MR) is 120 cm³/mol. The Hall–Kier alpha value is -2.80. The highest BCUT2D eigenvalue weighted by molar-refractivity contribution is 7.80. The number of anilines is 2. The van der Waals surface area contributed by atoms with Gasteiger partial charge in [0, 0.05) is 24.3 Å². The van der Waals surface area contributed by atoms with Crippen molar-refractivity contribution in [1.29, 1.82) is 0 Å². The zero-order valence-corrected chi connectivity index (χ0v) is 17.8. The summed E-state index contributed by atoms with van der Waals surface area (Å²) >= 11 is 5.43. The van der Waals surface area contributed by atoms with Gasteiger partial charge in [0.2, 0.25) is 5.91 Å². The van der Waals surface area contributed by atoms with E-state index >= 15 is 0 Å². The SMILES string of the molecule is COc1ccccc1OCC(C)NC(=S)Nc1ccc(N2CCCC2=O)c(C)c1. The number of hydrogen-bond acceptors (Lipinski definition) is 4. The third-order valence-electron chi connectivity index (χ3n) is 4.75. The minimum atomic E-state index is 0.00232. The predicted octanol–water partition coefficient (Wildman–Crippen LogP) is 3.88. The zero-order valence-electron chi connectivity index (χ0n) is 17.0. The summed E-state index contributed by atoms with van der Waals surface area (Å²) in [6.45, 7) is 5.23. The number of para-hydroxylation sites is 2. The third-order valence-corrected chi connectivity index (χ3v) is 4.97. The highest BCUT2D eigenvalue weighted by atomic mass is 32.1. The largest absolute Gasteiger partial charge is 0.493 e. The van der Waals surface area contributed by atoms with Gasteiger partial charge in [0.1, 0.15) is 6.61 Å². The Balaban J connectivity index is 1.52. The van der Waals surface area contributed by atoms with E-state index in [0.29, 0.717) is 29.6 Å².